The van der Waals surface area contributed by atoms with Gasteiger partial charge in [-0.15, -0.1) is 0 Å². The molecule has 5 rings (SSSR count). The van der Waals surface area contributed by atoms with Crippen molar-refractivity contribution in [1.29, 1.82) is 0 Å². The van der Waals surface area contributed by atoms with Crippen LogP contribution in [0.2, 0.25) is 0 Å². The molecule has 5 atom stereocenters. The summed E-state index contributed by atoms with van der Waals surface area (Å²) in [4.78, 5) is 17.5. The Hall–Kier alpha value is -4.15. The van der Waals surface area contributed by atoms with Gasteiger partial charge in [0.15, 0.2) is 6.29 Å². The molecule has 1 aliphatic rings. The standard InChI is InChI=1S/C38H41NO7/c1-39(42-3)37(40)32-22-19-28(20-23-32)21-24-33-34(43-25-29-13-7-4-8-14-29)35(44-26-30-15-9-5-10-16-30)36(38(41-2)46-33)45-27-31-17-11-6-12-18-31/h4-24,33-36,38H,25-27H2,1-3H3/b24-21+/t33-,34-,35+,36-,38+/m1/s1. The van der Waals surface area contributed by atoms with E-state index in [0.717, 1.165) is 22.3 Å². The molecule has 1 amide bonds. The Kier molecular flexibility index (Phi) is 12.2. The highest BCUT2D eigenvalue weighted by molar-refractivity contribution is 5.93. The van der Waals surface area contributed by atoms with E-state index in [4.69, 9.17) is 28.5 Å². The van der Waals surface area contributed by atoms with E-state index < -0.39 is 30.7 Å². The van der Waals surface area contributed by atoms with Crippen LogP contribution < -0.4 is 0 Å². The van der Waals surface area contributed by atoms with Gasteiger partial charge in [0.25, 0.3) is 5.91 Å². The highest BCUT2D eigenvalue weighted by atomic mass is 16.7. The Balaban J connectivity index is 1.43. The number of benzene rings is 4. The fourth-order valence-corrected chi connectivity index (χ4v) is 5.24. The smallest absolute Gasteiger partial charge is 0.277 e. The molecule has 1 aliphatic heterocycles. The second-order valence-electron chi connectivity index (χ2n) is 11.0. The van der Waals surface area contributed by atoms with Crippen LogP contribution in [-0.4, -0.2) is 62.9 Å². The van der Waals surface area contributed by atoms with Gasteiger partial charge in [0.05, 0.1) is 26.9 Å². The Bertz CT molecular complexity index is 1500. The third kappa shape index (κ3) is 8.98. The third-order valence-electron chi connectivity index (χ3n) is 7.81. The van der Waals surface area contributed by atoms with Gasteiger partial charge in [-0.3, -0.25) is 9.63 Å². The van der Waals surface area contributed by atoms with Gasteiger partial charge in [-0.25, -0.2) is 5.06 Å². The van der Waals surface area contributed by atoms with Crippen molar-refractivity contribution in [2.24, 2.45) is 0 Å². The minimum Gasteiger partial charge on any atom is -0.368 e. The second-order valence-corrected chi connectivity index (χ2v) is 11.0. The van der Waals surface area contributed by atoms with Gasteiger partial charge in [-0.2, -0.15) is 0 Å². The first-order valence-corrected chi connectivity index (χ1v) is 15.3. The fourth-order valence-electron chi connectivity index (χ4n) is 5.24. The molecule has 1 saturated heterocycles. The molecule has 0 aromatic heterocycles. The molecule has 0 aliphatic carbocycles. The zero-order chi connectivity index (χ0) is 32.1. The maximum atomic E-state index is 12.5. The van der Waals surface area contributed by atoms with E-state index >= 15 is 0 Å². The predicted molar refractivity (Wildman–Crippen MR) is 175 cm³/mol. The lowest BCUT2D eigenvalue weighted by molar-refractivity contribution is -0.309. The molecular formula is C38H41NO7. The fraction of sp³-hybridized carbons (Fsp3) is 0.289. The van der Waals surface area contributed by atoms with Crippen molar-refractivity contribution in [2.75, 3.05) is 21.3 Å². The molecule has 8 nitrogen and oxygen atoms in total. The maximum Gasteiger partial charge on any atom is 0.277 e. The minimum absolute atomic E-state index is 0.231. The zero-order valence-corrected chi connectivity index (χ0v) is 26.4. The molecule has 0 spiro atoms. The molecule has 240 valence electrons. The third-order valence-corrected chi connectivity index (χ3v) is 7.81. The average Bonchev–Trinajstić information content (AvgIpc) is 3.12. The molecule has 0 unspecified atom stereocenters. The second kappa shape index (κ2) is 17.0. The van der Waals surface area contributed by atoms with Gasteiger partial charge in [-0.05, 0) is 34.4 Å². The molecule has 0 N–H and O–H groups in total. The van der Waals surface area contributed by atoms with Gasteiger partial charge in [0, 0.05) is 19.7 Å². The van der Waals surface area contributed by atoms with Crippen LogP contribution >= 0.6 is 0 Å². The molecule has 0 radical (unpaired) electrons. The van der Waals surface area contributed by atoms with E-state index in [2.05, 4.69) is 0 Å². The number of nitrogens with zero attached hydrogens (tertiary/aromatic N) is 1. The van der Waals surface area contributed by atoms with E-state index in [-0.39, 0.29) is 5.91 Å². The topological polar surface area (TPSA) is 75.7 Å². The van der Waals surface area contributed by atoms with Gasteiger partial charge in [0.1, 0.15) is 24.4 Å². The predicted octanol–water partition coefficient (Wildman–Crippen LogP) is 6.46. The lowest BCUT2D eigenvalue weighted by Crippen LogP contribution is -2.60. The SMILES string of the molecule is CO[C@H]1O[C@H](/C=C/c2ccc(C(=O)N(C)OC)cc2)[C@@H](OCc2ccccc2)[C@H](OCc2ccccc2)[C@H]1OCc1ccccc1. The van der Waals surface area contributed by atoms with Crippen LogP contribution in [0.5, 0.6) is 0 Å². The molecule has 46 heavy (non-hydrogen) atoms. The first-order valence-electron chi connectivity index (χ1n) is 15.3. The van der Waals surface area contributed by atoms with E-state index in [1.54, 1.807) is 26.3 Å². The summed E-state index contributed by atoms with van der Waals surface area (Å²) in [5.74, 6) is -0.231. The largest absolute Gasteiger partial charge is 0.368 e. The Morgan fingerprint density at radius 1 is 0.674 bits per heavy atom. The number of carbonyl (C=O) groups excluding carboxylic acids is 1. The average molecular weight is 624 g/mol. The summed E-state index contributed by atoms with van der Waals surface area (Å²) in [7, 11) is 4.64. The van der Waals surface area contributed by atoms with Crippen molar-refractivity contribution in [3.63, 3.8) is 0 Å². The summed E-state index contributed by atoms with van der Waals surface area (Å²) in [6, 6.07) is 37.3. The number of ether oxygens (including phenoxy) is 5. The number of methoxy groups -OCH3 is 1. The number of amides is 1. The van der Waals surface area contributed by atoms with Crippen LogP contribution in [0.1, 0.15) is 32.6 Å². The van der Waals surface area contributed by atoms with Crippen molar-refractivity contribution in [3.8, 4) is 0 Å². The maximum absolute atomic E-state index is 12.5. The molecule has 0 saturated carbocycles. The lowest BCUT2D eigenvalue weighted by atomic mass is 9.96. The summed E-state index contributed by atoms with van der Waals surface area (Å²) in [6.45, 7) is 1.08. The Morgan fingerprint density at radius 3 is 1.63 bits per heavy atom. The van der Waals surface area contributed by atoms with Crippen LogP contribution in [0.3, 0.4) is 0 Å². The first-order chi connectivity index (χ1) is 22.6. The van der Waals surface area contributed by atoms with Gasteiger partial charge in [0.2, 0.25) is 0 Å². The molecule has 4 aromatic carbocycles. The quantitative estimate of drug-likeness (QED) is 0.149. The van der Waals surface area contributed by atoms with Crippen molar-refractivity contribution in [3.05, 3.63) is 149 Å². The van der Waals surface area contributed by atoms with Crippen LogP contribution in [0.4, 0.5) is 0 Å². The molecule has 1 heterocycles. The molecule has 1 fully saturated rings. The lowest BCUT2D eigenvalue weighted by Gasteiger charge is -2.45. The Labute approximate surface area is 271 Å². The van der Waals surface area contributed by atoms with Crippen LogP contribution in [0.15, 0.2) is 121 Å². The van der Waals surface area contributed by atoms with Gasteiger partial charge in [-0.1, -0.05) is 115 Å². The van der Waals surface area contributed by atoms with Crippen molar-refractivity contribution in [2.45, 2.75) is 50.5 Å². The number of rotatable bonds is 14. The number of hydroxylamine groups is 2. The van der Waals surface area contributed by atoms with E-state index in [1.165, 1.54) is 12.2 Å². The number of hydrogen-bond acceptors (Lipinski definition) is 7. The van der Waals surface area contributed by atoms with Crippen molar-refractivity contribution >= 4 is 12.0 Å². The molecular weight excluding hydrogens is 582 g/mol. The van der Waals surface area contributed by atoms with Crippen molar-refractivity contribution < 1.29 is 33.3 Å². The highest BCUT2D eigenvalue weighted by Gasteiger charge is 2.48. The van der Waals surface area contributed by atoms with E-state index in [9.17, 15) is 4.79 Å². The minimum atomic E-state index is -0.722. The highest BCUT2D eigenvalue weighted by Crippen LogP contribution is 2.32. The van der Waals surface area contributed by atoms with E-state index in [1.807, 2.05) is 115 Å². The van der Waals surface area contributed by atoms with Gasteiger partial charge >= 0.3 is 0 Å². The Morgan fingerprint density at radius 2 is 1.15 bits per heavy atom. The zero-order valence-electron chi connectivity index (χ0n) is 26.4. The molecule has 4 aromatic rings. The first kappa shape index (κ1) is 33.2. The molecule has 8 heteroatoms. The summed E-state index contributed by atoms with van der Waals surface area (Å²) >= 11 is 0. The summed E-state index contributed by atoms with van der Waals surface area (Å²) < 4.78 is 32.2. The summed E-state index contributed by atoms with van der Waals surface area (Å²) in [6.07, 6.45) is 0.986. The number of carbonyl (C=O) groups is 1. The van der Waals surface area contributed by atoms with Crippen molar-refractivity contribution in [1.82, 2.24) is 5.06 Å². The summed E-state index contributed by atoms with van der Waals surface area (Å²) in [5, 5.41) is 1.19. The normalized spacial score (nSPS) is 21.3. The van der Waals surface area contributed by atoms with E-state index in [0.29, 0.717) is 25.4 Å². The van der Waals surface area contributed by atoms with Crippen LogP contribution in [-0.2, 0) is 48.3 Å². The van der Waals surface area contributed by atoms with Crippen LogP contribution in [0.25, 0.3) is 6.08 Å². The monoisotopic (exact) mass is 623 g/mol. The van der Waals surface area contributed by atoms with Crippen LogP contribution in [0, 0.1) is 0 Å². The molecule has 0 bridgehead atoms. The van der Waals surface area contributed by atoms with Gasteiger partial charge < -0.3 is 23.7 Å². The summed E-state index contributed by atoms with van der Waals surface area (Å²) in [5.41, 5.74) is 4.50. The number of hydrogen-bond donors (Lipinski definition) is 0.